The van der Waals surface area contributed by atoms with Crippen LogP contribution >= 0.6 is 11.6 Å². The summed E-state index contributed by atoms with van der Waals surface area (Å²) in [6.07, 6.45) is 5.38. The molecule has 1 aliphatic heterocycles. The number of hydrogen-bond acceptors (Lipinski definition) is 3. The third kappa shape index (κ3) is 2.37. The largest absolute Gasteiger partial charge is 0.384 e. The van der Waals surface area contributed by atoms with Crippen LogP contribution in [0.4, 0.5) is 0 Å². The van der Waals surface area contributed by atoms with E-state index in [1.165, 1.54) is 12.0 Å². The van der Waals surface area contributed by atoms with Gasteiger partial charge in [0.25, 0.3) is 5.56 Å². The molecule has 2 aliphatic rings. The number of para-hydroxylation sites is 1. The van der Waals surface area contributed by atoms with Crippen LogP contribution in [0.1, 0.15) is 49.1 Å². The second-order valence-electron chi connectivity index (χ2n) is 7.55. The third-order valence-corrected chi connectivity index (χ3v) is 6.37. The quantitative estimate of drug-likeness (QED) is 0.591. The van der Waals surface area contributed by atoms with Crippen LogP contribution in [0.25, 0.3) is 16.6 Å². The van der Waals surface area contributed by atoms with E-state index in [4.69, 9.17) is 16.7 Å². The topological polar surface area (TPSA) is 55.1 Å². The first kappa shape index (κ1) is 17.5. The molecule has 1 aromatic heterocycles. The Morgan fingerprint density at radius 1 is 1.18 bits per heavy atom. The van der Waals surface area contributed by atoms with Gasteiger partial charge in [-0.15, -0.1) is 0 Å². The predicted molar refractivity (Wildman–Crippen MR) is 110 cm³/mol. The zero-order chi connectivity index (χ0) is 19.3. The van der Waals surface area contributed by atoms with Gasteiger partial charge < -0.3 is 5.11 Å². The summed E-state index contributed by atoms with van der Waals surface area (Å²) >= 11 is 6.58. The van der Waals surface area contributed by atoms with Gasteiger partial charge in [0.2, 0.25) is 0 Å². The highest BCUT2D eigenvalue weighted by atomic mass is 35.5. The molecule has 2 aromatic carbocycles. The molecule has 28 heavy (non-hydrogen) atoms. The van der Waals surface area contributed by atoms with Crippen molar-refractivity contribution in [3.05, 3.63) is 68.7 Å². The van der Waals surface area contributed by atoms with E-state index in [9.17, 15) is 4.79 Å². The molecular weight excluding hydrogens is 372 g/mol. The van der Waals surface area contributed by atoms with Gasteiger partial charge in [-0.1, -0.05) is 54.8 Å². The van der Waals surface area contributed by atoms with Crippen LogP contribution < -0.4 is 5.56 Å². The number of fused-ring (bicyclic) bond motifs is 7. The first-order chi connectivity index (χ1) is 13.7. The SMILES string of the molecule is O=c1nc2n(c3c(Cl)cccc13)-c1cc(C#CCO)ccc1C21CCCCC1. The second kappa shape index (κ2) is 6.48. The van der Waals surface area contributed by atoms with Crippen LogP contribution in [0.3, 0.4) is 0 Å². The Morgan fingerprint density at radius 2 is 2.00 bits per heavy atom. The Kier molecular flexibility index (Phi) is 4.04. The molecule has 3 aromatic rings. The molecule has 0 saturated heterocycles. The predicted octanol–water partition coefficient (Wildman–Crippen LogP) is 3.95. The van der Waals surface area contributed by atoms with Crippen molar-refractivity contribution in [2.24, 2.45) is 0 Å². The number of hydrogen-bond donors (Lipinski definition) is 1. The zero-order valence-corrected chi connectivity index (χ0v) is 16.1. The molecular formula is C23H19ClN2O2. The monoisotopic (exact) mass is 390 g/mol. The van der Waals surface area contributed by atoms with Crippen LogP contribution in [0, 0.1) is 11.8 Å². The third-order valence-electron chi connectivity index (χ3n) is 6.06. The number of aliphatic hydroxyl groups is 1. The van der Waals surface area contributed by atoms with E-state index in [0.29, 0.717) is 10.4 Å². The fourth-order valence-corrected chi connectivity index (χ4v) is 5.15. The molecule has 4 nitrogen and oxygen atoms in total. The number of aromatic nitrogens is 2. The molecule has 1 aliphatic carbocycles. The number of rotatable bonds is 0. The lowest BCUT2D eigenvalue weighted by atomic mass is 9.70. The van der Waals surface area contributed by atoms with Crippen LogP contribution in [0.15, 0.2) is 41.2 Å². The average molecular weight is 391 g/mol. The zero-order valence-electron chi connectivity index (χ0n) is 15.3. The lowest BCUT2D eigenvalue weighted by Crippen LogP contribution is -2.32. The lowest BCUT2D eigenvalue weighted by molar-refractivity contribution is 0.339. The maximum atomic E-state index is 12.8. The Hall–Kier alpha value is -2.61. The summed E-state index contributed by atoms with van der Waals surface area (Å²) in [7, 11) is 0. The Bertz CT molecular complexity index is 1230. The smallest absolute Gasteiger partial charge is 0.280 e. The van der Waals surface area contributed by atoms with Gasteiger partial charge in [-0.05, 0) is 42.7 Å². The molecule has 0 atom stereocenters. The Morgan fingerprint density at radius 3 is 2.79 bits per heavy atom. The van der Waals surface area contributed by atoms with Crippen molar-refractivity contribution >= 4 is 22.5 Å². The maximum Gasteiger partial charge on any atom is 0.280 e. The van der Waals surface area contributed by atoms with Gasteiger partial charge in [0.1, 0.15) is 12.4 Å². The second-order valence-corrected chi connectivity index (χ2v) is 7.95. The van der Waals surface area contributed by atoms with Crippen molar-refractivity contribution in [2.45, 2.75) is 37.5 Å². The summed E-state index contributed by atoms with van der Waals surface area (Å²) in [5.41, 5.74) is 3.26. The Labute approximate surface area is 167 Å². The van der Waals surface area contributed by atoms with E-state index in [2.05, 4.69) is 27.5 Å². The number of benzene rings is 2. The van der Waals surface area contributed by atoms with Crippen LogP contribution in [0.2, 0.25) is 5.02 Å². The molecule has 0 bridgehead atoms. The molecule has 1 spiro atoms. The highest BCUT2D eigenvalue weighted by Gasteiger charge is 2.46. The van der Waals surface area contributed by atoms with Crippen molar-refractivity contribution in [3.8, 4) is 17.5 Å². The van der Waals surface area contributed by atoms with E-state index in [-0.39, 0.29) is 17.6 Å². The molecule has 0 unspecified atom stereocenters. The summed E-state index contributed by atoms with van der Waals surface area (Å²) in [4.78, 5) is 17.4. The van der Waals surface area contributed by atoms with E-state index in [1.807, 2.05) is 18.2 Å². The fourth-order valence-electron chi connectivity index (χ4n) is 4.89. The van der Waals surface area contributed by atoms with E-state index < -0.39 is 0 Å². The van der Waals surface area contributed by atoms with E-state index in [0.717, 1.165) is 48.3 Å². The van der Waals surface area contributed by atoms with Gasteiger partial charge in [-0.2, -0.15) is 4.98 Å². The first-order valence-corrected chi connectivity index (χ1v) is 10.00. The normalized spacial score (nSPS) is 16.5. The average Bonchev–Trinajstić information content (AvgIpc) is 2.96. The molecule has 0 amide bonds. The molecule has 5 heteroatoms. The van der Waals surface area contributed by atoms with Crippen molar-refractivity contribution in [2.75, 3.05) is 6.61 Å². The molecule has 1 saturated carbocycles. The van der Waals surface area contributed by atoms with Crippen molar-refractivity contribution in [3.63, 3.8) is 0 Å². The standard InChI is InChI=1S/C23H19ClN2O2/c24-18-8-4-7-16-20(18)26-19-14-15(6-5-13-27)9-10-17(19)23(11-2-1-3-12-23)22(26)25-21(16)28/h4,7-10,14,27H,1-3,11-13H2. The minimum atomic E-state index is -0.247. The number of aliphatic hydroxyl groups excluding tert-OH is 1. The maximum absolute atomic E-state index is 12.8. The minimum Gasteiger partial charge on any atom is -0.384 e. The lowest BCUT2D eigenvalue weighted by Gasteiger charge is -2.33. The fraction of sp³-hybridized carbons (Fsp3) is 0.304. The van der Waals surface area contributed by atoms with E-state index >= 15 is 0 Å². The molecule has 140 valence electrons. The van der Waals surface area contributed by atoms with Crippen LogP contribution in [-0.2, 0) is 5.41 Å². The van der Waals surface area contributed by atoms with Gasteiger partial charge in [-0.3, -0.25) is 9.36 Å². The van der Waals surface area contributed by atoms with Gasteiger partial charge >= 0.3 is 0 Å². The van der Waals surface area contributed by atoms with Gasteiger partial charge in [0, 0.05) is 5.56 Å². The molecule has 1 N–H and O–H groups in total. The van der Waals surface area contributed by atoms with Gasteiger partial charge in [0.15, 0.2) is 0 Å². The van der Waals surface area contributed by atoms with Crippen LogP contribution in [-0.4, -0.2) is 21.3 Å². The summed E-state index contributed by atoms with van der Waals surface area (Å²) < 4.78 is 2.07. The molecule has 0 radical (unpaired) electrons. The summed E-state index contributed by atoms with van der Waals surface area (Å²) in [6.45, 7) is -0.180. The van der Waals surface area contributed by atoms with Crippen molar-refractivity contribution in [1.82, 2.24) is 9.55 Å². The Balaban J connectivity index is 1.91. The summed E-state index contributed by atoms with van der Waals surface area (Å²) in [5, 5.41) is 10.1. The van der Waals surface area contributed by atoms with Crippen LogP contribution in [0.5, 0.6) is 0 Å². The minimum absolute atomic E-state index is 0.180. The highest BCUT2D eigenvalue weighted by Crippen LogP contribution is 2.51. The van der Waals surface area contributed by atoms with Crippen molar-refractivity contribution < 1.29 is 5.11 Å². The first-order valence-electron chi connectivity index (χ1n) is 9.62. The number of nitrogens with zero attached hydrogens (tertiary/aromatic N) is 2. The van der Waals surface area contributed by atoms with Gasteiger partial charge in [0.05, 0.1) is 27.0 Å². The van der Waals surface area contributed by atoms with Gasteiger partial charge in [-0.25, -0.2) is 0 Å². The highest BCUT2D eigenvalue weighted by molar-refractivity contribution is 6.35. The number of halogens is 1. The van der Waals surface area contributed by atoms with E-state index in [1.54, 1.807) is 12.1 Å². The molecule has 2 heterocycles. The summed E-state index contributed by atoms with van der Waals surface area (Å²) in [6, 6.07) is 11.5. The summed E-state index contributed by atoms with van der Waals surface area (Å²) in [5.74, 6) is 6.51. The van der Waals surface area contributed by atoms with Crippen molar-refractivity contribution in [1.29, 1.82) is 0 Å². The molecule has 1 fully saturated rings. The molecule has 5 rings (SSSR count).